The zero-order chi connectivity index (χ0) is 32.1. The fraction of sp³-hybridized carbons (Fsp3) is 0.690. The Morgan fingerprint density at radius 2 is 1.67 bits per heavy atom. The molecule has 1 unspecified atom stereocenters. The molecule has 0 spiro atoms. The molecule has 43 heavy (non-hydrogen) atoms. The number of hydroxylamine groups is 2. The third-order valence-corrected chi connectivity index (χ3v) is 9.72. The first kappa shape index (κ1) is 34.5. The molecule has 0 aliphatic carbocycles. The van der Waals surface area contributed by atoms with Crippen molar-refractivity contribution in [2.24, 2.45) is 5.92 Å². The van der Waals surface area contributed by atoms with Crippen LogP contribution in [0.1, 0.15) is 44.7 Å². The fourth-order valence-electron chi connectivity index (χ4n) is 5.14. The van der Waals surface area contributed by atoms with Gasteiger partial charge >= 0.3 is 6.16 Å². The summed E-state index contributed by atoms with van der Waals surface area (Å²) in [6.07, 6.45) is 0.716. The molecule has 0 bridgehead atoms. The minimum Gasteiger partial charge on any atom is -0.497 e. The molecule has 242 valence electrons. The first-order valence-electron chi connectivity index (χ1n) is 14.4. The van der Waals surface area contributed by atoms with Crippen molar-refractivity contribution in [3.05, 3.63) is 23.3 Å². The monoisotopic (exact) mass is 626 g/mol. The Balaban J connectivity index is 1.42. The van der Waals surface area contributed by atoms with E-state index in [1.807, 2.05) is 0 Å². The number of likely N-dealkylation sites (tertiary alicyclic amines) is 1. The molecule has 0 radical (unpaired) electrons. The summed E-state index contributed by atoms with van der Waals surface area (Å²) in [6.45, 7) is 10.2. The zero-order valence-electron chi connectivity index (χ0n) is 26.5. The summed E-state index contributed by atoms with van der Waals surface area (Å²) >= 11 is 0. The molecule has 1 atom stereocenters. The molecular formula is C29H46N4O9S. The van der Waals surface area contributed by atoms with Crippen LogP contribution in [0.2, 0.25) is 0 Å². The molecule has 2 amide bonds. The van der Waals surface area contributed by atoms with Gasteiger partial charge in [0.25, 0.3) is 0 Å². The summed E-state index contributed by atoms with van der Waals surface area (Å²) in [6, 6.07) is 3.20. The average Bonchev–Trinajstić information content (AvgIpc) is 2.90. The van der Waals surface area contributed by atoms with Gasteiger partial charge in [-0.2, -0.15) is 4.31 Å². The third-order valence-electron chi connectivity index (χ3n) is 7.55. The summed E-state index contributed by atoms with van der Waals surface area (Å²) < 4.78 is 43.5. The van der Waals surface area contributed by atoms with Crippen LogP contribution in [0.25, 0.3) is 0 Å². The number of carbonyl (C=O) groups is 3. The van der Waals surface area contributed by atoms with Gasteiger partial charge in [0.2, 0.25) is 21.8 Å². The van der Waals surface area contributed by atoms with E-state index in [0.29, 0.717) is 43.1 Å². The van der Waals surface area contributed by atoms with Crippen LogP contribution in [-0.2, 0) is 33.9 Å². The number of piperidine rings is 1. The standard InChI is InChI=1S/C29H46N4O9S/c1-20-14-24(39-8)15-21(2)26(20)43(37,38)30(6)12-13-40-19-25(34)31(7)23-10-9-11-32(18-23)27(35)22-16-33(17-22)42-28(36)41-29(3,4)5/h14-15,22-23H,9-13,16-19H2,1-8H3. The van der Waals surface area contributed by atoms with E-state index in [-0.39, 0.29) is 48.4 Å². The molecule has 0 N–H and O–H groups in total. The van der Waals surface area contributed by atoms with Gasteiger partial charge in [-0.25, -0.2) is 13.2 Å². The predicted molar refractivity (Wildman–Crippen MR) is 158 cm³/mol. The normalized spacial score (nSPS) is 18.3. The van der Waals surface area contributed by atoms with Crippen LogP contribution in [0.5, 0.6) is 5.75 Å². The highest BCUT2D eigenvalue weighted by Crippen LogP contribution is 2.28. The number of carbonyl (C=O) groups excluding carboxylic acids is 3. The lowest BCUT2D eigenvalue weighted by molar-refractivity contribution is -0.202. The van der Waals surface area contributed by atoms with Gasteiger partial charge in [0.15, 0.2) is 0 Å². The van der Waals surface area contributed by atoms with E-state index in [9.17, 15) is 22.8 Å². The van der Waals surface area contributed by atoms with Crippen molar-refractivity contribution < 1.29 is 41.8 Å². The Hall–Kier alpha value is -2.94. The van der Waals surface area contributed by atoms with E-state index in [1.165, 1.54) is 23.5 Å². The summed E-state index contributed by atoms with van der Waals surface area (Å²) in [5.41, 5.74) is 0.511. The second kappa shape index (κ2) is 14.2. The van der Waals surface area contributed by atoms with Crippen molar-refractivity contribution in [2.45, 2.75) is 64.0 Å². The van der Waals surface area contributed by atoms with Crippen LogP contribution in [0.15, 0.2) is 17.0 Å². The SMILES string of the molecule is COc1cc(C)c(S(=O)(=O)N(C)CCOCC(=O)N(C)C2CCCN(C(=O)C3CN(OC(=O)OC(C)(C)C)C3)C2)c(C)c1. The Morgan fingerprint density at radius 3 is 2.26 bits per heavy atom. The van der Waals surface area contributed by atoms with Gasteiger partial charge in [0, 0.05) is 52.9 Å². The minimum absolute atomic E-state index is 0.0302. The molecule has 2 saturated heterocycles. The average molecular weight is 627 g/mol. The third kappa shape index (κ3) is 9.03. The van der Waals surface area contributed by atoms with Crippen LogP contribution in [0.3, 0.4) is 0 Å². The van der Waals surface area contributed by atoms with Gasteiger partial charge in [-0.1, -0.05) is 0 Å². The van der Waals surface area contributed by atoms with Gasteiger partial charge in [-0.3, -0.25) is 9.59 Å². The van der Waals surface area contributed by atoms with Gasteiger partial charge in [0.1, 0.15) is 18.0 Å². The molecule has 13 nitrogen and oxygen atoms in total. The van der Waals surface area contributed by atoms with Gasteiger partial charge in [-0.15, -0.1) is 5.06 Å². The van der Waals surface area contributed by atoms with E-state index >= 15 is 0 Å². The molecule has 1 aromatic carbocycles. The molecule has 2 heterocycles. The number of aryl methyl sites for hydroxylation is 2. The van der Waals surface area contributed by atoms with Gasteiger partial charge < -0.3 is 28.8 Å². The van der Waals surface area contributed by atoms with Gasteiger partial charge in [0.05, 0.1) is 24.5 Å². The lowest BCUT2D eigenvalue weighted by Gasteiger charge is -2.42. The molecule has 0 aromatic heterocycles. The fourth-order valence-corrected chi connectivity index (χ4v) is 6.70. The topological polar surface area (TPSA) is 135 Å². The van der Waals surface area contributed by atoms with Crippen LogP contribution >= 0.6 is 0 Å². The molecular weight excluding hydrogens is 580 g/mol. The van der Waals surface area contributed by atoms with E-state index < -0.39 is 21.8 Å². The van der Waals surface area contributed by atoms with Crippen molar-refractivity contribution >= 4 is 28.0 Å². The number of hydrogen-bond donors (Lipinski definition) is 0. The molecule has 0 saturated carbocycles. The highest BCUT2D eigenvalue weighted by atomic mass is 32.2. The lowest BCUT2D eigenvalue weighted by atomic mass is 9.97. The van der Waals surface area contributed by atoms with Crippen molar-refractivity contribution in [3.63, 3.8) is 0 Å². The molecule has 2 aliphatic heterocycles. The minimum atomic E-state index is -3.76. The number of methoxy groups -OCH3 is 1. The van der Waals surface area contributed by atoms with E-state index in [0.717, 1.165) is 12.8 Å². The maximum Gasteiger partial charge on any atom is 0.528 e. The number of sulfonamides is 1. The van der Waals surface area contributed by atoms with Crippen molar-refractivity contribution in [1.29, 1.82) is 0 Å². The van der Waals surface area contributed by atoms with Crippen LogP contribution < -0.4 is 4.74 Å². The maximum absolute atomic E-state index is 13.2. The number of amides is 2. The van der Waals surface area contributed by atoms with Crippen LogP contribution in [-0.4, -0.2) is 124 Å². The zero-order valence-corrected chi connectivity index (χ0v) is 27.4. The van der Waals surface area contributed by atoms with E-state index in [1.54, 1.807) is 63.6 Å². The van der Waals surface area contributed by atoms with Gasteiger partial charge in [-0.05, 0) is 70.7 Å². The predicted octanol–water partition coefficient (Wildman–Crippen LogP) is 2.20. The summed E-state index contributed by atoms with van der Waals surface area (Å²) in [5, 5.41) is 1.41. The number of benzene rings is 1. The number of nitrogens with zero attached hydrogens (tertiary/aromatic N) is 4. The molecule has 1 aromatic rings. The molecule has 3 rings (SSSR count). The van der Waals surface area contributed by atoms with Crippen molar-refractivity contribution in [3.8, 4) is 5.75 Å². The maximum atomic E-state index is 13.2. The Kier molecular flexibility index (Phi) is 11.4. The largest absolute Gasteiger partial charge is 0.528 e. The molecule has 2 aliphatic rings. The van der Waals surface area contributed by atoms with Crippen molar-refractivity contribution in [2.75, 3.05) is 67.1 Å². The van der Waals surface area contributed by atoms with Crippen molar-refractivity contribution in [1.82, 2.24) is 19.2 Å². The number of ether oxygens (including phenoxy) is 3. The first-order valence-corrected chi connectivity index (χ1v) is 15.9. The highest BCUT2D eigenvalue weighted by Gasteiger charge is 2.40. The number of rotatable bonds is 11. The second-order valence-corrected chi connectivity index (χ2v) is 14.1. The first-order chi connectivity index (χ1) is 20.0. The Morgan fingerprint density at radius 1 is 1.05 bits per heavy atom. The summed E-state index contributed by atoms with van der Waals surface area (Å²) in [7, 11) is 0.938. The highest BCUT2D eigenvalue weighted by molar-refractivity contribution is 7.89. The van der Waals surface area contributed by atoms with E-state index in [2.05, 4.69) is 0 Å². The second-order valence-electron chi connectivity index (χ2n) is 12.2. The summed E-state index contributed by atoms with van der Waals surface area (Å²) in [5.74, 6) is 0.0292. The summed E-state index contributed by atoms with van der Waals surface area (Å²) in [4.78, 5) is 46.5. The molecule has 14 heteroatoms. The number of likely N-dealkylation sites (N-methyl/N-ethyl adjacent to an activating group) is 2. The quantitative estimate of drug-likeness (QED) is 0.266. The smallest absolute Gasteiger partial charge is 0.497 e. The van der Waals surface area contributed by atoms with Crippen LogP contribution in [0.4, 0.5) is 4.79 Å². The Bertz CT molecular complexity index is 1250. The number of hydrogen-bond acceptors (Lipinski definition) is 10. The Labute approximate surface area is 255 Å². The molecule has 2 fully saturated rings. The van der Waals surface area contributed by atoms with E-state index in [4.69, 9.17) is 19.0 Å². The lowest BCUT2D eigenvalue weighted by Crippen LogP contribution is -2.58. The van der Waals surface area contributed by atoms with Crippen LogP contribution in [0, 0.1) is 19.8 Å².